The molecule has 4 rings (SSSR count). The molecule has 0 fully saturated rings. The standard InChI is InChI=1S/C19H20N6O.ClH/c1-13-21-8-5-16(22-13)14-3-2-4-15(11-14)23-19(26)17-12-25-10-9-20-7-6-18(25)24-17;/h2-5,8,11-12,20H,6-7,9-10H2,1H3,(H,23,26);1H. The highest BCUT2D eigenvalue weighted by Crippen LogP contribution is 2.21. The lowest BCUT2D eigenvalue weighted by Gasteiger charge is -2.06. The van der Waals surface area contributed by atoms with Gasteiger partial charge in [0.2, 0.25) is 0 Å². The van der Waals surface area contributed by atoms with Gasteiger partial charge in [-0.15, -0.1) is 12.4 Å². The molecular formula is C19H21ClN6O. The SMILES string of the molecule is Cc1nccc(-c2cccc(NC(=O)c3cn4c(n3)CCNCC4)c2)n1.Cl. The van der Waals surface area contributed by atoms with E-state index >= 15 is 0 Å². The zero-order valence-electron chi connectivity index (χ0n) is 15.0. The molecule has 3 aromatic rings. The van der Waals surface area contributed by atoms with Crippen LogP contribution in [0.15, 0.2) is 42.7 Å². The van der Waals surface area contributed by atoms with Gasteiger partial charge in [-0.3, -0.25) is 4.79 Å². The fourth-order valence-corrected chi connectivity index (χ4v) is 3.05. The van der Waals surface area contributed by atoms with Crippen LogP contribution in [0.1, 0.15) is 22.1 Å². The predicted molar refractivity (Wildman–Crippen MR) is 106 cm³/mol. The number of benzene rings is 1. The molecule has 0 saturated carbocycles. The number of nitrogens with zero attached hydrogens (tertiary/aromatic N) is 4. The maximum Gasteiger partial charge on any atom is 0.275 e. The molecule has 7 nitrogen and oxygen atoms in total. The van der Waals surface area contributed by atoms with Gasteiger partial charge in [0.05, 0.1) is 5.69 Å². The lowest BCUT2D eigenvalue weighted by molar-refractivity contribution is 0.102. The van der Waals surface area contributed by atoms with Crippen LogP contribution in [0, 0.1) is 6.92 Å². The number of carbonyl (C=O) groups is 1. The Morgan fingerprint density at radius 1 is 1.22 bits per heavy atom. The molecule has 3 heterocycles. The van der Waals surface area contributed by atoms with Crippen LogP contribution in [-0.4, -0.2) is 38.5 Å². The fourth-order valence-electron chi connectivity index (χ4n) is 3.05. The summed E-state index contributed by atoms with van der Waals surface area (Å²) in [5, 5.41) is 6.26. The monoisotopic (exact) mass is 384 g/mol. The third-order valence-electron chi connectivity index (χ3n) is 4.34. The molecule has 27 heavy (non-hydrogen) atoms. The van der Waals surface area contributed by atoms with Gasteiger partial charge in [0.25, 0.3) is 5.91 Å². The van der Waals surface area contributed by atoms with Crippen LogP contribution in [0.4, 0.5) is 5.69 Å². The quantitative estimate of drug-likeness (QED) is 0.724. The van der Waals surface area contributed by atoms with E-state index in [1.165, 1.54) is 0 Å². The Labute approximate surface area is 163 Å². The van der Waals surface area contributed by atoms with Crippen LogP contribution in [0.3, 0.4) is 0 Å². The fraction of sp³-hybridized carbons (Fsp3) is 0.263. The van der Waals surface area contributed by atoms with Gasteiger partial charge in [0, 0.05) is 49.7 Å². The summed E-state index contributed by atoms with van der Waals surface area (Å²) in [6, 6.07) is 9.49. The molecule has 140 valence electrons. The van der Waals surface area contributed by atoms with Crippen LogP contribution in [0.25, 0.3) is 11.3 Å². The van der Waals surface area contributed by atoms with E-state index in [1.807, 2.05) is 43.5 Å². The van der Waals surface area contributed by atoms with E-state index in [0.717, 1.165) is 43.1 Å². The Bertz CT molecular complexity index is 931. The van der Waals surface area contributed by atoms with Crippen molar-refractivity contribution in [3.63, 3.8) is 0 Å². The minimum Gasteiger partial charge on any atom is -0.333 e. The second-order valence-corrected chi connectivity index (χ2v) is 6.26. The van der Waals surface area contributed by atoms with E-state index < -0.39 is 0 Å². The van der Waals surface area contributed by atoms with Gasteiger partial charge < -0.3 is 15.2 Å². The molecule has 1 amide bonds. The number of amides is 1. The third-order valence-corrected chi connectivity index (χ3v) is 4.34. The smallest absolute Gasteiger partial charge is 0.275 e. The molecule has 2 N–H and O–H groups in total. The predicted octanol–water partition coefficient (Wildman–Crippen LogP) is 2.47. The van der Waals surface area contributed by atoms with Crippen LogP contribution in [-0.2, 0) is 13.0 Å². The lowest BCUT2D eigenvalue weighted by atomic mass is 10.1. The van der Waals surface area contributed by atoms with Crippen LogP contribution in [0.2, 0.25) is 0 Å². The van der Waals surface area contributed by atoms with Gasteiger partial charge in [-0.1, -0.05) is 12.1 Å². The molecule has 0 unspecified atom stereocenters. The van der Waals surface area contributed by atoms with Crippen molar-refractivity contribution in [3.05, 3.63) is 60.1 Å². The lowest BCUT2D eigenvalue weighted by Crippen LogP contribution is -2.18. The maximum atomic E-state index is 12.6. The maximum absolute atomic E-state index is 12.6. The average Bonchev–Trinajstić information content (AvgIpc) is 2.93. The Hall–Kier alpha value is -2.77. The number of aromatic nitrogens is 4. The Morgan fingerprint density at radius 3 is 2.96 bits per heavy atom. The number of hydrogen-bond acceptors (Lipinski definition) is 5. The topological polar surface area (TPSA) is 84.7 Å². The van der Waals surface area contributed by atoms with E-state index in [2.05, 4.69) is 30.2 Å². The van der Waals surface area contributed by atoms with E-state index in [1.54, 1.807) is 6.20 Å². The van der Waals surface area contributed by atoms with Gasteiger partial charge in [0.15, 0.2) is 0 Å². The first-order chi connectivity index (χ1) is 12.7. The van der Waals surface area contributed by atoms with Crippen molar-refractivity contribution in [1.29, 1.82) is 0 Å². The number of carbonyl (C=O) groups excluding carboxylic acids is 1. The molecule has 2 aromatic heterocycles. The molecule has 1 aliphatic rings. The Morgan fingerprint density at radius 2 is 2.11 bits per heavy atom. The van der Waals surface area contributed by atoms with Crippen molar-refractivity contribution in [1.82, 2.24) is 24.8 Å². The number of hydrogen-bond donors (Lipinski definition) is 2. The summed E-state index contributed by atoms with van der Waals surface area (Å²) in [4.78, 5) is 25.6. The highest BCUT2D eigenvalue weighted by molar-refractivity contribution is 6.03. The molecule has 1 aromatic carbocycles. The van der Waals surface area contributed by atoms with Gasteiger partial charge >= 0.3 is 0 Å². The average molecular weight is 385 g/mol. The van der Waals surface area contributed by atoms with Crippen molar-refractivity contribution < 1.29 is 4.79 Å². The van der Waals surface area contributed by atoms with E-state index in [9.17, 15) is 4.79 Å². The van der Waals surface area contributed by atoms with E-state index in [0.29, 0.717) is 17.2 Å². The summed E-state index contributed by atoms with van der Waals surface area (Å²) in [6.07, 6.45) is 4.39. The minimum absolute atomic E-state index is 0. The molecule has 0 spiro atoms. The summed E-state index contributed by atoms with van der Waals surface area (Å²) in [5.41, 5.74) is 2.92. The molecule has 1 aliphatic heterocycles. The van der Waals surface area contributed by atoms with Gasteiger partial charge in [-0.05, 0) is 25.1 Å². The zero-order valence-corrected chi connectivity index (χ0v) is 15.8. The second kappa shape index (κ2) is 8.28. The number of halogens is 1. The molecular weight excluding hydrogens is 364 g/mol. The summed E-state index contributed by atoms with van der Waals surface area (Å²) >= 11 is 0. The van der Waals surface area contributed by atoms with Gasteiger partial charge in [0.1, 0.15) is 17.3 Å². The third kappa shape index (κ3) is 4.32. The zero-order chi connectivity index (χ0) is 17.9. The largest absolute Gasteiger partial charge is 0.333 e. The summed E-state index contributed by atoms with van der Waals surface area (Å²) < 4.78 is 2.05. The number of aryl methyl sites for hydroxylation is 1. The van der Waals surface area contributed by atoms with Crippen LogP contribution < -0.4 is 10.6 Å². The van der Waals surface area contributed by atoms with Gasteiger partial charge in [-0.2, -0.15) is 0 Å². The highest BCUT2D eigenvalue weighted by Gasteiger charge is 2.16. The number of imidazole rings is 1. The first-order valence-corrected chi connectivity index (χ1v) is 8.67. The normalized spacial score (nSPS) is 13.2. The van der Waals surface area contributed by atoms with E-state index in [4.69, 9.17) is 0 Å². The molecule has 8 heteroatoms. The molecule has 0 aliphatic carbocycles. The van der Waals surface area contributed by atoms with Crippen molar-refractivity contribution in [2.75, 3.05) is 18.4 Å². The second-order valence-electron chi connectivity index (χ2n) is 6.26. The first-order valence-electron chi connectivity index (χ1n) is 8.67. The number of fused-ring (bicyclic) bond motifs is 1. The van der Waals surface area contributed by atoms with Crippen molar-refractivity contribution in [2.24, 2.45) is 0 Å². The molecule has 0 bridgehead atoms. The first kappa shape index (κ1) is 19.0. The number of anilines is 1. The summed E-state index contributed by atoms with van der Waals surface area (Å²) in [6.45, 7) is 4.47. The summed E-state index contributed by atoms with van der Waals surface area (Å²) in [7, 11) is 0. The van der Waals surface area contributed by atoms with Crippen molar-refractivity contribution >= 4 is 24.0 Å². The number of rotatable bonds is 3. The molecule has 0 atom stereocenters. The molecule has 0 saturated heterocycles. The van der Waals surface area contributed by atoms with Crippen molar-refractivity contribution in [3.8, 4) is 11.3 Å². The minimum atomic E-state index is -0.199. The number of nitrogens with one attached hydrogen (secondary N) is 2. The van der Waals surface area contributed by atoms with Gasteiger partial charge in [-0.25, -0.2) is 15.0 Å². The van der Waals surface area contributed by atoms with Crippen molar-refractivity contribution in [2.45, 2.75) is 19.9 Å². The van der Waals surface area contributed by atoms with Crippen LogP contribution in [0.5, 0.6) is 0 Å². The Balaban J connectivity index is 0.00000210. The molecule has 0 radical (unpaired) electrons. The van der Waals surface area contributed by atoms with E-state index in [-0.39, 0.29) is 18.3 Å². The highest BCUT2D eigenvalue weighted by atomic mass is 35.5. The van der Waals surface area contributed by atoms with Crippen LogP contribution >= 0.6 is 12.4 Å². The Kier molecular flexibility index (Phi) is 5.83. The summed E-state index contributed by atoms with van der Waals surface area (Å²) in [5.74, 6) is 1.46.